The van der Waals surface area contributed by atoms with Crippen LogP contribution in [0.2, 0.25) is 0 Å². The molecule has 0 aromatic heterocycles. The van der Waals surface area contributed by atoms with Gasteiger partial charge in [0, 0.05) is 10.2 Å². The van der Waals surface area contributed by atoms with Crippen LogP contribution in [0, 0.1) is 6.92 Å². The lowest BCUT2D eigenvalue weighted by atomic mass is 10.1. The van der Waals surface area contributed by atoms with Crippen LogP contribution in [-0.2, 0) is 6.18 Å². The topological polar surface area (TPSA) is 35.2 Å². The number of hydrogen-bond donors (Lipinski definition) is 1. The van der Waals surface area contributed by atoms with Gasteiger partial charge in [-0.2, -0.15) is 13.2 Å². The van der Waals surface area contributed by atoms with Crippen molar-refractivity contribution in [3.8, 4) is 11.5 Å². The SMILES string of the molecule is Cc1cc(N)ccc1Oc1ccc(Br)cc1C(F)(F)F. The van der Waals surface area contributed by atoms with Crippen LogP contribution < -0.4 is 10.5 Å². The smallest absolute Gasteiger partial charge is 0.420 e. The van der Waals surface area contributed by atoms with E-state index in [4.69, 9.17) is 10.5 Å². The Bertz CT molecular complexity index is 641. The Morgan fingerprint density at radius 3 is 2.30 bits per heavy atom. The van der Waals surface area contributed by atoms with Crippen molar-refractivity contribution in [3.63, 3.8) is 0 Å². The molecule has 0 fully saturated rings. The summed E-state index contributed by atoms with van der Waals surface area (Å²) in [5, 5.41) is 0. The lowest BCUT2D eigenvalue weighted by Crippen LogP contribution is -2.07. The Hall–Kier alpha value is -1.69. The molecule has 20 heavy (non-hydrogen) atoms. The zero-order valence-corrected chi connectivity index (χ0v) is 12.0. The van der Waals surface area contributed by atoms with E-state index in [9.17, 15) is 13.2 Å². The van der Waals surface area contributed by atoms with Crippen molar-refractivity contribution in [1.29, 1.82) is 0 Å². The van der Waals surface area contributed by atoms with Crippen molar-refractivity contribution in [3.05, 3.63) is 52.0 Å². The number of ether oxygens (including phenoxy) is 1. The molecule has 0 heterocycles. The number of hydrogen-bond acceptors (Lipinski definition) is 2. The predicted molar refractivity (Wildman–Crippen MR) is 74.8 cm³/mol. The Balaban J connectivity index is 2.43. The molecule has 0 amide bonds. The van der Waals surface area contributed by atoms with Gasteiger partial charge in [0.15, 0.2) is 0 Å². The Labute approximate surface area is 122 Å². The van der Waals surface area contributed by atoms with Gasteiger partial charge in [0.2, 0.25) is 0 Å². The molecule has 0 aliphatic rings. The van der Waals surface area contributed by atoms with Gasteiger partial charge in [-0.05, 0) is 48.9 Å². The summed E-state index contributed by atoms with van der Waals surface area (Å²) in [6.45, 7) is 1.72. The predicted octanol–water partition coefficient (Wildman–Crippen LogP) is 5.15. The molecule has 2 rings (SSSR count). The molecule has 0 spiro atoms. The minimum atomic E-state index is -4.49. The van der Waals surface area contributed by atoms with Crippen LogP contribution in [0.4, 0.5) is 18.9 Å². The van der Waals surface area contributed by atoms with Gasteiger partial charge in [-0.15, -0.1) is 0 Å². The van der Waals surface area contributed by atoms with Gasteiger partial charge in [-0.1, -0.05) is 15.9 Å². The van der Waals surface area contributed by atoms with E-state index in [1.54, 1.807) is 25.1 Å². The van der Waals surface area contributed by atoms with E-state index in [0.717, 1.165) is 6.07 Å². The Morgan fingerprint density at radius 1 is 1.05 bits per heavy atom. The highest BCUT2D eigenvalue weighted by Gasteiger charge is 2.34. The molecule has 0 unspecified atom stereocenters. The van der Waals surface area contributed by atoms with E-state index in [0.29, 0.717) is 21.5 Å². The van der Waals surface area contributed by atoms with Crippen LogP contribution in [-0.4, -0.2) is 0 Å². The lowest BCUT2D eigenvalue weighted by Gasteiger charge is -2.15. The minimum absolute atomic E-state index is 0.242. The van der Waals surface area contributed by atoms with Gasteiger partial charge >= 0.3 is 6.18 Å². The van der Waals surface area contributed by atoms with Crippen LogP contribution in [0.1, 0.15) is 11.1 Å². The highest BCUT2D eigenvalue weighted by molar-refractivity contribution is 9.10. The van der Waals surface area contributed by atoms with Crippen LogP contribution in [0.3, 0.4) is 0 Å². The first-order chi connectivity index (χ1) is 9.27. The summed E-state index contributed by atoms with van der Waals surface area (Å²) in [7, 11) is 0. The van der Waals surface area contributed by atoms with Gasteiger partial charge in [-0.3, -0.25) is 0 Å². The van der Waals surface area contributed by atoms with Crippen molar-refractivity contribution in [1.82, 2.24) is 0 Å². The minimum Gasteiger partial charge on any atom is -0.456 e. The highest BCUT2D eigenvalue weighted by Crippen LogP contribution is 2.40. The number of alkyl halides is 3. The third-order valence-electron chi connectivity index (χ3n) is 2.67. The quantitative estimate of drug-likeness (QED) is 0.763. The number of halogens is 4. The number of nitrogen functional groups attached to an aromatic ring is 1. The lowest BCUT2D eigenvalue weighted by molar-refractivity contribution is -0.138. The maximum atomic E-state index is 13.0. The van der Waals surface area contributed by atoms with Crippen molar-refractivity contribution >= 4 is 21.6 Å². The summed E-state index contributed by atoms with van der Waals surface area (Å²) >= 11 is 3.03. The van der Waals surface area contributed by atoms with E-state index in [1.165, 1.54) is 12.1 Å². The summed E-state index contributed by atoms with van der Waals surface area (Å²) in [6, 6.07) is 8.53. The molecule has 0 bridgehead atoms. The number of nitrogens with two attached hydrogens (primary N) is 1. The van der Waals surface area contributed by atoms with E-state index in [2.05, 4.69) is 15.9 Å². The van der Waals surface area contributed by atoms with Crippen LogP contribution in [0.15, 0.2) is 40.9 Å². The fraction of sp³-hybridized carbons (Fsp3) is 0.143. The van der Waals surface area contributed by atoms with Gasteiger partial charge in [0.05, 0.1) is 5.56 Å². The zero-order valence-electron chi connectivity index (χ0n) is 10.5. The van der Waals surface area contributed by atoms with Gasteiger partial charge in [0.1, 0.15) is 11.5 Å². The second-order valence-electron chi connectivity index (χ2n) is 4.27. The fourth-order valence-corrected chi connectivity index (χ4v) is 2.08. The molecule has 2 aromatic carbocycles. The van der Waals surface area contributed by atoms with E-state index >= 15 is 0 Å². The van der Waals surface area contributed by atoms with E-state index in [-0.39, 0.29) is 5.75 Å². The second kappa shape index (κ2) is 5.36. The number of benzene rings is 2. The molecule has 0 saturated carbocycles. The average Bonchev–Trinajstić information content (AvgIpc) is 2.33. The van der Waals surface area contributed by atoms with Crippen molar-refractivity contribution < 1.29 is 17.9 Å². The molecule has 0 saturated heterocycles. The van der Waals surface area contributed by atoms with Crippen LogP contribution in [0.25, 0.3) is 0 Å². The number of rotatable bonds is 2. The van der Waals surface area contributed by atoms with Gasteiger partial charge in [-0.25, -0.2) is 0 Å². The van der Waals surface area contributed by atoms with E-state index < -0.39 is 11.7 Å². The third kappa shape index (κ3) is 3.25. The van der Waals surface area contributed by atoms with E-state index in [1.807, 2.05) is 0 Å². The largest absolute Gasteiger partial charge is 0.456 e. The average molecular weight is 346 g/mol. The summed E-state index contributed by atoms with van der Waals surface area (Å²) < 4.78 is 44.6. The molecule has 6 heteroatoms. The first-order valence-electron chi connectivity index (χ1n) is 5.68. The molecule has 0 aliphatic carbocycles. The third-order valence-corrected chi connectivity index (χ3v) is 3.16. The fourth-order valence-electron chi connectivity index (χ4n) is 1.72. The first-order valence-corrected chi connectivity index (χ1v) is 6.47. The summed E-state index contributed by atoms with van der Waals surface area (Å²) in [5.74, 6) is 0.0978. The zero-order chi connectivity index (χ0) is 14.9. The molecule has 106 valence electrons. The first kappa shape index (κ1) is 14.7. The Kier molecular flexibility index (Phi) is 3.94. The highest BCUT2D eigenvalue weighted by atomic mass is 79.9. The molecule has 0 aliphatic heterocycles. The summed E-state index contributed by atoms with van der Waals surface area (Å²) in [4.78, 5) is 0. The second-order valence-corrected chi connectivity index (χ2v) is 5.18. The van der Waals surface area contributed by atoms with Crippen LogP contribution >= 0.6 is 15.9 Å². The molecular formula is C14H11BrF3NO. The molecule has 0 radical (unpaired) electrons. The number of aryl methyl sites for hydroxylation is 1. The summed E-state index contributed by atoms with van der Waals surface area (Å²) in [5.41, 5.74) is 5.96. The van der Waals surface area contributed by atoms with Crippen LogP contribution in [0.5, 0.6) is 11.5 Å². The van der Waals surface area contributed by atoms with Crippen molar-refractivity contribution in [2.45, 2.75) is 13.1 Å². The maximum absolute atomic E-state index is 13.0. The van der Waals surface area contributed by atoms with Gasteiger partial charge in [0.25, 0.3) is 0 Å². The summed E-state index contributed by atoms with van der Waals surface area (Å²) in [6.07, 6.45) is -4.49. The standard InChI is InChI=1S/C14H11BrF3NO/c1-8-6-10(19)3-5-12(8)20-13-4-2-9(15)7-11(13)14(16,17)18/h2-7H,19H2,1H3. The molecule has 0 atom stereocenters. The van der Waals surface area contributed by atoms with Gasteiger partial charge < -0.3 is 10.5 Å². The Morgan fingerprint density at radius 2 is 1.70 bits per heavy atom. The number of anilines is 1. The van der Waals surface area contributed by atoms with Crippen molar-refractivity contribution in [2.24, 2.45) is 0 Å². The van der Waals surface area contributed by atoms with Crippen molar-refractivity contribution in [2.75, 3.05) is 5.73 Å². The maximum Gasteiger partial charge on any atom is 0.420 e. The monoisotopic (exact) mass is 345 g/mol. The normalized spacial score (nSPS) is 11.4. The molecule has 2 nitrogen and oxygen atoms in total. The molecule has 2 N–H and O–H groups in total. The molecule has 2 aromatic rings. The molecular weight excluding hydrogens is 335 g/mol.